The van der Waals surface area contributed by atoms with E-state index in [1.165, 1.54) is 4.90 Å². The molecule has 0 saturated heterocycles. The van der Waals surface area contributed by atoms with Crippen LogP contribution in [0.4, 0.5) is 4.79 Å². The van der Waals surface area contributed by atoms with Crippen LogP contribution in [0.2, 0.25) is 0 Å². The summed E-state index contributed by atoms with van der Waals surface area (Å²) in [6.07, 6.45) is -0.0430. The fraction of sp³-hybridized carbons (Fsp3) is 0.464. The molecule has 2 N–H and O–H groups in total. The molecule has 2 amide bonds. The first-order valence-corrected chi connectivity index (χ1v) is 12.3. The van der Waals surface area contributed by atoms with Gasteiger partial charge in [0.15, 0.2) is 0 Å². The summed E-state index contributed by atoms with van der Waals surface area (Å²) < 4.78 is 5.60. The monoisotopic (exact) mass is 480 g/mol. The van der Waals surface area contributed by atoms with Crippen LogP contribution in [0.25, 0.3) is 11.1 Å². The van der Waals surface area contributed by atoms with E-state index in [0.29, 0.717) is 13.0 Å². The summed E-state index contributed by atoms with van der Waals surface area (Å²) in [5.74, 6) is -1.53. The summed E-state index contributed by atoms with van der Waals surface area (Å²) in [6.45, 7) is 8.17. The van der Waals surface area contributed by atoms with Crippen molar-refractivity contribution in [1.82, 2.24) is 10.2 Å². The van der Waals surface area contributed by atoms with Crippen LogP contribution in [0.15, 0.2) is 48.5 Å². The molecule has 0 aromatic heterocycles. The molecule has 0 saturated carbocycles. The number of carboxylic acid groups (broad SMARTS) is 1. The van der Waals surface area contributed by atoms with Gasteiger partial charge in [-0.05, 0) is 40.5 Å². The average molecular weight is 481 g/mol. The van der Waals surface area contributed by atoms with Gasteiger partial charge in [0.05, 0.1) is 5.92 Å². The summed E-state index contributed by atoms with van der Waals surface area (Å²) in [6, 6.07) is 16.3. The van der Waals surface area contributed by atoms with Crippen LogP contribution < -0.4 is 5.32 Å². The third-order valence-corrected chi connectivity index (χ3v) is 6.16. The van der Waals surface area contributed by atoms with Crippen molar-refractivity contribution in [1.29, 1.82) is 0 Å². The zero-order chi connectivity index (χ0) is 25.5. The number of nitrogens with zero attached hydrogens (tertiary/aromatic N) is 1. The SMILES string of the molecule is CC(C)CC(CNC(=O)OCC1c2ccccc2-c2ccccc21)C(=O)N(CC(=O)O)CC(C)C. The van der Waals surface area contributed by atoms with Gasteiger partial charge in [0, 0.05) is 19.0 Å². The molecule has 1 atom stereocenters. The third-order valence-electron chi connectivity index (χ3n) is 6.16. The molecule has 1 unspecified atom stereocenters. The highest BCUT2D eigenvalue weighted by Crippen LogP contribution is 2.44. The molecule has 1 aliphatic rings. The van der Waals surface area contributed by atoms with Crippen LogP contribution in [0, 0.1) is 17.8 Å². The minimum atomic E-state index is -1.05. The molecule has 188 valence electrons. The molecule has 0 bridgehead atoms. The van der Waals surface area contributed by atoms with Crippen LogP contribution in [-0.2, 0) is 14.3 Å². The van der Waals surface area contributed by atoms with Crippen LogP contribution in [-0.4, -0.2) is 54.2 Å². The molecule has 1 aliphatic carbocycles. The van der Waals surface area contributed by atoms with Crippen LogP contribution >= 0.6 is 0 Å². The minimum Gasteiger partial charge on any atom is -0.480 e. The first-order chi connectivity index (χ1) is 16.7. The second kappa shape index (κ2) is 11.9. The molecule has 7 nitrogen and oxygen atoms in total. The second-order valence-electron chi connectivity index (χ2n) is 10.0. The smallest absolute Gasteiger partial charge is 0.407 e. The van der Waals surface area contributed by atoms with E-state index in [4.69, 9.17) is 4.74 Å². The van der Waals surface area contributed by atoms with E-state index in [1.807, 2.05) is 52.0 Å². The Labute approximate surface area is 207 Å². The maximum atomic E-state index is 13.2. The van der Waals surface area contributed by atoms with Crippen molar-refractivity contribution in [3.8, 4) is 11.1 Å². The number of hydrogen-bond donors (Lipinski definition) is 2. The van der Waals surface area contributed by atoms with Gasteiger partial charge in [-0.2, -0.15) is 0 Å². The van der Waals surface area contributed by atoms with E-state index in [1.54, 1.807) is 0 Å². The topological polar surface area (TPSA) is 95.9 Å². The van der Waals surface area contributed by atoms with Crippen molar-refractivity contribution in [2.45, 2.75) is 40.0 Å². The number of carbonyl (C=O) groups excluding carboxylic acids is 2. The van der Waals surface area contributed by atoms with Gasteiger partial charge in [-0.1, -0.05) is 76.2 Å². The fourth-order valence-corrected chi connectivity index (χ4v) is 4.79. The maximum Gasteiger partial charge on any atom is 0.407 e. The Hall–Kier alpha value is -3.35. The number of aliphatic carboxylic acids is 1. The van der Waals surface area contributed by atoms with Gasteiger partial charge < -0.3 is 20.1 Å². The van der Waals surface area contributed by atoms with Gasteiger partial charge >= 0.3 is 12.1 Å². The predicted octanol–water partition coefficient (Wildman–Crippen LogP) is 4.76. The highest BCUT2D eigenvalue weighted by Gasteiger charge is 2.30. The van der Waals surface area contributed by atoms with Crippen molar-refractivity contribution in [2.75, 3.05) is 26.2 Å². The van der Waals surface area contributed by atoms with Crippen molar-refractivity contribution >= 4 is 18.0 Å². The Morgan fingerprint density at radius 3 is 2.03 bits per heavy atom. The lowest BCUT2D eigenvalue weighted by Crippen LogP contribution is -2.45. The summed E-state index contributed by atoms with van der Waals surface area (Å²) in [4.78, 5) is 38.5. The Morgan fingerprint density at radius 1 is 0.943 bits per heavy atom. The van der Waals surface area contributed by atoms with Gasteiger partial charge in [0.25, 0.3) is 0 Å². The number of rotatable bonds is 11. The number of nitrogens with one attached hydrogen (secondary N) is 1. The van der Waals surface area contributed by atoms with Gasteiger partial charge in [-0.15, -0.1) is 0 Å². The molecule has 35 heavy (non-hydrogen) atoms. The first kappa shape index (κ1) is 26.3. The second-order valence-corrected chi connectivity index (χ2v) is 10.0. The lowest BCUT2D eigenvalue weighted by atomic mass is 9.95. The molecular formula is C28H36N2O5. The summed E-state index contributed by atoms with van der Waals surface area (Å²) in [5.41, 5.74) is 4.58. The average Bonchev–Trinajstić information content (AvgIpc) is 3.12. The molecule has 2 aromatic rings. The van der Waals surface area contributed by atoms with Crippen LogP contribution in [0.1, 0.15) is 51.2 Å². The van der Waals surface area contributed by atoms with E-state index in [0.717, 1.165) is 22.3 Å². The van der Waals surface area contributed by atoms with Gasteiger partial charge in [0.1, 0.15) is 13.2 Å². The standard InChI is InChI=1S/C28H36N2O5/c1-18(2)13-20(27(33)30(15-19(3)4)16-26(31)32)14-29-28(34)35-17-25-23-11-7-5-9-21(23)22-10-6-8-12-24(22)25/h5-12,18-20,25H,13-17H2,1-4H3,(H,29,34)(H,31,32). The molecule has 7 heteroatoms. The highest BCUT2D eigenvalue weighted by molar-refractivity contribution is 5.84. The Morgan fingerprint density at radius 2 is 1.51 bits per heavy atom. The number of carboxylic acids is 1. The molecule has 3 rings (SSSR count). The van der Waals surface area contributed by atoms with E-state index in [-0.39, 0.29) is 43.4 Å². The Bertz CT molecular complexity index is 1000. The van der Waals surface area contributed by atoms with Gasteiger partial charge in [0.2, 0.25) is 5.91 Å². The number of alkyl carbamates (subject to hydrolysis) is 1. The number of hydrogen-bond acceptors (Lipinski definition) is 4. The number of carbonyl (C=O) groups is 3. The zero-order valence-corrected chi connectivity index (χ0v) is 21.0. The molecule has 0 heterocycles. The lowest BCUT2D eigenvalue weighted by molar-refractivity contribution is -0.146. The van der Waals surface area contributed by atoms with Gasteiger partial charge in [-0.3, -0.25) is 9.59 Å². The zero-order valence-electron chi connectivity index (χ0n) is 21.0. The summed E-state index contributed by atoms with van der Waals surface area (Å²) >= 11 is 0. The maximum absolute atomic E-state index is 13.2. The normalized spacial score (nSPS) is 13.3. The van der Waals surface area contributed by atoms with Crippen molar-refractivity contribution < 1.29 is 24.2 Å². The van der Waals surface area contributed by atoms with Crippen LogP contribution in [0.3, 0.4) is 0 Å². The number of amides is 2. The number of ether oxygens (including phenoxy) is 1. The van der Waals surface area contributed by atoms with Gasteiger partial charge in [-0.25, -0.2) is 4.79 Å². The number of benzene rings is 2. The molecule has 0 aliphatic heterocycles. The Balaban J connectivity index is 1.63. The van der Waals surface area contributed by atoms with Crippen molar-refractivity contribution in [2.24, 2.45) is 17.8 Å². The third kappa shape index (κ3) is 6.84. The van der Waals surface area contributed by atoms with E-state index >= 15 is 0 Å². The molecule has 2 aromatic carbocycles. The predicted molar refractivity (Wildman–Crippen MR) is 135 cm³/mol. The number of fused-ring (bicyclic) bond motifs is 3. The molecule has 0 fully saturated rings. The quantitative estimate of drug-likeness (QED) is 0.484. The van der Waals surface area contributed by atoms with E-state index in [2.05, 4.69) is 29.6 Å². The first-order valence-electron chi connectivity index (χ1n) is 12.3. The minimum absolute atomic E-state index is 0.0432. The molecule has 0 radical (unpaired) electrons. The van der Waals surface area contributed by atoms with E-state index < -0.39 is 18.0 Å². The van der Waals surface area contributed by atoms with Crippen molar-refractivity contribution in [3.05, 3.63) is 59.7 Å². The summed E-state index contributed by atoms with van der Waals surface area (Å²) in [5, 5.41) is 12.0. The van der Waals surface area contributed by atoms with Crippen molar-refractivity contribution in [3.63, 3.8) is 0 Å². The molecular weight excluding hydrogens is 444 g/mol. The lowest BCUT2D eigenvalue weighted by Gasteiger charge is -2.28. The van der Waals surface area contributed by atoms with Crippen LogP contribution in [0.5, 0.6) is 0 Å². The fourth-order valence-electron chi connectivity index (χ4n) is 4.79. The summed E-state index contributed by atoms with van der Waals surface area (Å²) in [7, 11) is 0. The Kier molecular flexibility index (Phi) is 8.90. The highest BCUT2D eigenvalue weighted by atomic mass is 16.5. The molecule has 0 spiro atoms. The van der Waals surface area contributed by atoms with E-state index in [9.17, 15) is 19.5 Å². The largest absolute Gasteiger partial charge is 0.480 e.